The van der Waals surface area contributed by atoms with Gasteiger partial charge in [0.25, 0.3) is 5.56 Å². The minimum Gasteiger partial charge on any atom is -0.477 e. The molecule has 0 aromatic carbocycles. The van der Waals surface area contributed by atoms with Gasteiger partial charge in [0.15, 0.2) is 0 Å². The van der Waals surface area contributed by atoms with Gasteiger partial charge in [-0.25, -0.2) is 4.79 Å². The highest BCUT2D eigenvalue weighted by Gasteiger charge is 2.14. The maximum atomic E-state index is 12.2. The molecule has 0 unspecified atom stereocenters. The van der Waals surface area contributed by atoms with Crippen molar-refractivity contribution in [1.29, 1.82) is 0 Å². The lowest BCUT2D eigenvalue weighted by Crippen LogP contribution is -2.29. The minimum atomic E-state index is -1.20. The molecule has 2 aromatic heterocycles. The normalized spacial score (nSPS) is 10.8. The molecule has 0 saturated heterocycles. The summed E-state index contributed by atoms with van der Waals surface area (Å²) in [7, 11) is 0. The molecule has 2 aromatic rings. The van der Waals surface area contributed by atoms with Crippen LogP contribution < -0.4 is 5.56 Å². The van der Waals surface area contributed by atoms with Gasteiger partial charge in [-0.1, -0.05) is 0 Å². The molecule has 0 saturated carbocycles. The zero-order valence-corrected chi connectivity index (χ0v) is 11.8. The van der Waals surface area contributed by atoms with Gasteiger partial charge in [-0.05, 0) is 39.0 Å². The molecule has 2 heterocycles. The summed E-state index contributed by atoms with van der Waals surface area (Å²) in [5.74, 6) is -1.20. The molecule has 0 bridgehead atoms. The zero-order chi connectivity index (χ0) is 14.9. The Morgan fingerprint density at radius 2 is 2.05 bits per heavy atom. The standard InChI is InChI=1S/C14H17N3O3/c1-4-17-11(7-9(2)15-17)8-16-10(3)5-6-12(13(16)18)14(19)20/h5-7H,4,8H2,1-3H3,(H,19,20). The van der Waals surface area contributed by atoms with E-state index in [0.717, 1.165) is 17.1 Å². The van der Waals surface area contributed by atoms with Crippen molar-refractivity contribution in [2.24, 2.45) is 0 Å². The molecule has 106 valence electrons. The summed E-state index contributed by atoms with van der Waals surface area (Å²) in [4.78, 5) is 23.2. The van der Waals surface area contributed by atoms with Crippen LogP contribution in [0.2, 0.25) is 0 Å². The molecule has 0 aliphatic rings. The Morgan fingerprint density at radius 1 is 1.35 bits per heavy atom. The molecular formula is C14H17N3O3. The average molecular weight is 275 g/mol. The number of aromatic nitrogens is 3. The van der Waals surface area contributed by atoms with Crippen LogP contribution >= 0.6 is 0 Å². The van der Waals surface area contributed by atoms with Gasteiger partial charge in [0.2, 0.25) is 0 Å². The van der Waals surface area contributed by atoms with Crippen LogP contribution in [0.4, 0.5) is 0 Å². The van der Waals surface area contributed by atoms with E-state index in [0.29, 0.717) is 13.1 Å². The van der Waals surface area contributed by atoms with E-state index < -0.39 is 11.5 Å². The summed E-state index contributed by atoms with van der Waals surface area (Å²) in [6, 6.07) is 4.89. The molecule has 0 radical (unpaired) electrons. The SMILES string of the molecule is CCn1nc(C)cc1Cn1c(C)ccc(C(=O)O)c1=O. The maximum absolute atomic E-state index is 12.2. The number of aryl methyl sites for hydroxylation is 3. The van der Waals surface area contributed by atoms with Crippen LogP contribution in [-0.2, 0) is 13.1 Å². The number of nitrogens with zero attached hydrogens (tertiary/aromatic N) is 3. The summed E-state index contributed by atoms with van der Waals surface area (Å²) in [5.41, 5.74) is 1.79. The summed E-state index contributed by atoms with van der Waals surface area (Å²) >= 11 is 0. The Kier molecular flexibility index (Phi) is 3.74. The molecule has 0 aliphatic carbocycles. The smallest absolute Gasteiger partial charge is 0.341 e. The van der Waals surface area contributed by atoms with Crippen molar-refractivity contribution in [3.8, 4) is 0 Å². The Labute approximate surface area is 116 Å². The maximum Gasteiger partial charge on any atom is 0.341 e. The molecule has 0 aliphatic heterocycles. The highest BCUT2D eigenvalue weighted by atomic mass is 16.4. The number of hydrogen-bond acceptors (Lipinski definition) is 3. The fourth-order valence-corrected chi connectivity index (χ4v) is 2.19. The first-order valence-electron chi connectivity index (χ1n) is 6.41. The third kappa shape index (κ3) is 2.49. The molecular weight excluding hydrogens is 258 g/mol. The quantitative estimate of drug-likeness (QED) is 0.915. The van der Waals surface area contributed by atoms with Crippen molar-refractivity contribution in [3.63, 3.8) is 0 Å². The van der Waals surface area contributed by atoms with Crippen LogP contribution in [0.25, 0.3) is 0 Å². The van der Waals surface area contributed by atoms with Gasteiger partial charge in [0, 0.05) is 12.2 Å². The van der Waals surface area contributed by atoms with Crippen LogP contribution in [0.15, 0.2) is 23.0 Å². The lowest BCUT2D eigenvalue weighted by Gasteiger charge is -2.11. The summed E-state index contributed by atoms with van der Waals surface area (Å²) in [6.45, 7) is 6.67. The topological polar surface area (TPSA) is 77.1 Å². The van der Waals surface area contributed by atoms with Gasteiger partial charge in [-0.3, -0.25) is 9.48 Å². The highest BCUT2D eigenvalue weighted by Crippen LogP contribution is 2.08. The van der Waals surface area contributed by atoms with Crippen LogP contribution in [-0.4, -0.2) is 25.4 Å². The van der Waals surface area contributed by atoms with Gasteiger partial charge in [0.1, 0.15) is 5.56 Å². The number of aromatic carboxylic acids is 1. The van der Waals surface area contributed by atoms with Crippen molar-refractivity contribution in [2.45, 2.75) is 33.9 Å². The van der Waals surface area contributed by atoms with Crippen molar-refractivity contribution in [3.05, 3.63) is 51.2 Å². The molecule has 2 rings (SSSR count). The van der Waals surface area contributed by atoms with Crippen molar-refractivity contribution in [1.82, 2.24) is 14.3 Å². The molecule has 20 heavy (non-hydrogen) atoms. The van der Waals surface area contributed by atoms with Crippen molar-refractivity contribution >= 4 is 5.97 Å². The summed E-state index contributed by atoms with van der Waals surface area (Å²) in [6.07, 6.45) is 0. The summed E-state index contributed by atoms with van der Waals surface area (Å²) < 4.78 is 3.28. The second kappa shape index (κ2) is 5.32. The zero-order valence-electron chi connectivity index (χ0n) is 11.8. The Bertz CT molecular complexity index is 713. The van der Waals surface area contributed by atoms with Crippen LogP contribution in [0, 0.1) is 13.8 Å². The average Bonchev–Trinajstić information content (AvgIpc) is 2.74. The molecule has 0 fully saturated rings. The summed E-state index contributed by atoms with van der Waals surface area (Å²) in [5, 5.41) is 13.3. The van der Waals surface area contributed by atoms with E-state index in [9.17, 15) is 9.59 Å². The molecule has 0 spiro atoms. The van der Waals surface area contributed by atoms with E-state index in [2.05, 4.69) is 5.10 Å². The number of pyridine rings is 1. The largest absolute Gasteiger partial charge is 0.477 e. The van der Waals surface area contributed by atoms with Gasteiger partial charge in [-0.15, -0.1) is 0 Å². The first-order chi connectivity index (χ1) is 9.43. The minimum absolute atomic E-state index is 0.213. The van der Waals surface area contributed by atoms with Crippen molar-refractivity contribution < 1.29 is 9.90 Å². The predicted octanol–water partition coefficient (Wildman–Crippen LogP) is 1.43. The number of hydrogen-bond donors (Lipinski definition) is 1. The molecule has 0 amide bonds. The Balaban J connectivity index is 2.50. The van der Waals surface area contributed by atoms with E-state index in [1.54, 1.807) is 13.0 Å². The van der Waals surface area contributed by atoms with E-state index in [4.69, 9.17) is 5.11 Å². The Hall–Kier alpha value is -2.37. The van der Waals surface area contributed by atoms with Gasteiger partial charge in [-0.2, -0.15) is 5.10 Å². The predicted molar refractivity (Wildman–Crippen MR) is 74.1 cm³/mol. The Morgan fingerprint density at radius 3 is 2.65 bits per heavy atom. The number of rotatable bonds is 4. The third-order valence-corrected chi connectivity index (χ3v) is 3.23. The number of carboxylic acids is 1. The third-order valence-electron chi connectivity index (χ3n) is 3.23. The first kappa shape index (κ1) is 14.0. The van der Waals surface area contributed by atoms with E-state index in [-0.39, 0.29) is 5.56 Å². The number of carboxylic acid groups (broad SMARTS) is 1. The second-order valence-corrected chi connectivity index (χ2v) is 4.68. The fourth-order valence-electron chi connectivity index (χ4n) is 2.19. The molecule has 6 nitrogen and oxygen atoms in total. The van der Waals surface area contributed by atoms with Gasteiger partial charge < -0.3 is 9.67 Å². The monoisotopic (exact) mass is 275 g/mol. The molecule has 6 heteroatoms. The molecule has 0 atom stereocenters. The van der Waals surface area contributed by atoms with E-state index in [1.165, 1.54) is 10.6 Å². The van der Waals surface area contributed by atoms with E-state index in [1.807, 2.05) is 24.6 Å². The highest BCUT2D eigenvalue weighted by molar-refractivity contribution is 5.87. The van der Waals surface area contributed by atoms with Crippen LogP contribution in [0.5, 0.6) is 0 Å². The number of carbonyl (C=O) groups is 1. The lowest BCUT2D eigenvalue weighted by atomic mass is 10.2. The first-order valence-corrected chi connectivity index (χ1v) is 6.41. The van der Waals surface area contributed by atoms with Crippen LogP contribution in [0.3, 0.4) is 0 Å². The molecule has 1 N–H and O–H groups in total. The van der Waals surface area contributed by atoms with Crippen molar-refractivity contribution in [2.75, 3.05) is 0 Å². The van der Waals surface area contributed by atoms with Gasteiger partial charge >= 0.3 is 5.97 Å². The van der Waals surface area contributed by atoms with Gasteiger partial charge in [0.05, 0.1) is 17.9 Å². The van der Waals surface area contributed by atoms with Crippen LogP contribution in [0.1, 0.15) is 34.4 Å². The lowest BCUT2D eigenvalue weighted by molar-refractivity contribution is 0.0694. The second-order valence-electron chi connectivity index (χ2n) is 4.68. The fraction of sp³-hybridized carbons (Fsp3) is 0.357. The van der Waals surface area contributed by atoms with E-state index >= 15 is 0 Å².